The van der Waals surface area contributed by atoms with Crippen molar-refractivity contribution in [2.24, 2.45) is 11.8 Å². The molecule has 3 nitrogen and oxygen atoms in total. The fraction of sp³-hybridized carbons (Fsp3) is 0.600. The molecular formula is C10H13Cl2N3. The highest BCUT2D eigenvalue weighted by atomic mass is 35.5. The number of aromatic nitrogens is 2. The lowest BCUT2D eigenvalue weighted by Gasteiger charge is -2.19. The molecule has 0 saturated heterocycles. The molecule has 1 aliphatic rings. The fourth-order valence-electron chi connectivity index (χ4n) is 1.72. The second-order valence-electron chi connectivity index (χ2n) is 4.20. The third-order valence-corrected chi connectivity index (χ3v) is 3.35. The minimum Gasteiger partial charge on any atom is -0.372 e. The lowest BCUT2D eigenvalue weighted by molar-refractivity contribution is 0.723. The second-order valence-corrected chi connectivity index (χ2v) is 4.94. The number of hydrogen-bond donors (Lipinski definition) is 0. The molecule has 1 aliphatic carbocycles. The van der Waals surface area contributed by atoms with E-state index in [2.05, 4.69) is 22.0 Å². The van der Waals surface area contributed by atoms with Gasteiger partial charge in [0.05, 0.1) is 5.69 Å². The van der Waals surface area contributed by atoms with Crippen LogP contribution in [-0.4, -0.2) is 23.8 Å². The van der Waals surface area contributed by atoms with Gasteiger partial charge in [-0.3, -0.25) is 0 Å². The topological polar surface area (TPSA) is 29.0 Å². The van der Waals surface area contributed by atoms with Crippen molar-refractivity contribution < 1.29 is 0 Å². The summed E-state index contributed by atoms with van der Waals surface area (Å²) in [5.41, 5.74) is 0.857. The molecule has 82 valence electrons. The van der Waals surface area contributed by atoms with Crippen molar-refractivity contribution in [1.82, 2.24) is 10.2 Å². The first-order valence-corrected chi connectivity index (χ1v) is 5.73. The molecule has 1 fully saturated rings. The zero-order valence-electron chi connectivity index (χ0n) is 8.74. The Kier molecular flexibility index (Phi) is 3.03. The van der Waals surface area contributed by atoms with Crippen molar-refractivity contribution in [2.45, 2.75) is 13.3 Å². The highest BCUT2D eigenvalue weighted by Crippen LogP contribution is 2.39. The summed E-state index contributed by atoms with van der Waals surface area (Å²) in [7, 11) is 2.00. The summed E-state index contributed by atoms with van der Waals surface area (Å²) in [4.78, 5) is 2.09. The van der Waals surface area contributed by atoms with Crippen LogP contribution in [0, 0.1) is 11.8 Å². The van der Waals surface area contributed by atoms with Crippen molar-refractivity contribution in [3.63, 3.8) is 0 Å². The van der Waals surface area contributed by atoms with Gasteiger partial charge in [-0.05, 0) is 18.3 Å². The Morgan fingerprint density at radius 2 is 2.13 bits per heavy atom. The Bertz CT molecular complexity index is 370. The SMILES string of the molecule is CC1CC1CN(C)c1cc(Cl)nnc1Cl. The van der Waals surface area contributed by atoms with E-state index in [0.717, 1.165) is 24.1 Å². The zero-order valence-corrected chi connectivity index (χ0v) is 10.3. The Hall–Kier alpha value is -0.540. The van der Waals surface area contributed by atoms with E-state index in [4.69, 9.17) is 23.2 Å². The van der Waals surface area contributed by atoms with Crippen molar-refractivity contribution in [1.29, 1.82) is 0 Å². The van der Waals surface area contributed by atoms with Crippen LogP contribution < -0.4 is 4.90 Å². The number of anilines is 1. The van der Waals surface area contributed by atoms with Crippen molar-refractivity contribution >= 4 is 28.9 Å². The van der Waals surface area contributed by atoms with Gasteiger partial charge in [0.1, 0.15) is 0 Å². The first-order valence-electron chi connectivity index (χ1n) is 4.98. The van der Waals surface area contributed by atoms with E-state index in [9.17, 15) is 0 Å². The smallest absolute Gasteiger partial charge is 0.175 e. The maximum Gasteiger partial charge on any atom is 0.175 e. The average Bonchev–Trinajstić information content (AvgIpc) is 2.86. The van der Waals surface area contributed by atoms with E-state index in [-0.39, 0.29) is 0 Å². The Labute approximate surface area is 99.4 Å². The molecule has 0 aromatic carbocycles. The largest absolute Gasteiger partial charge is 0.372 e. The van der Waals surface area contributed by atoms with Crippen LogP contribution in [0.25, 0.3) is 0 Å². The Balaban J connectivity index is 2.10. The maximum atomic E-state index is 5.96. The van der Waals surface area contributed by atoms with E-state index in [0.29, 0.717) is 10.3 Å². The van der Waals surface area contributed by atoms with Crippen LogP contribution in [0.3, 0.4) is 0 Å². The van der Waals surface area contributed by atoms with Crippen LogP contribution in [0.2, 0.25) is 10.3 Å². The zero-order chi connectivity index (χ0) is 11.0. The van der Waals surface area contributed by atoms with Crippen LogP contribution in [0.15, 0.2) is 6.07 Å². The van der Waals surface area contributed by atoms with E-state index in [1.165, 1.54) is 6.42 Å². The molecule has 0 aliphatic heterocycles. The molecule has 0 N–H and O–H groups in total. The van der Waals surface area contributed by atoms with Gasteiger partial charge >= 0.3 is 0 Å². The number of rotatable bonds is 3. The lowest BCUT2D eigenvalue weighted by Crippen LogP contribution is -2.21. The van der Waals surface area contributed by atoms with E-state index < -0.39 is 0 Å². The van der Waals surface area contributed by atoms with Crippen LogP contribution in [0.5, 0.6) is 0 Å². The molecule has 1 aromatic rings. The molecule has 1 heterocycles. The monoisotopic (exact) mass is 245 g/mol. The van der Waals surface area contributed by atoms with E-state index in [1.807, 2.05) is 7.05 Å². The maximum absolute atomic E-state index is 5.96. The minimum atomic E-state index is 0.380. The molecule has 1 saturated carbocycles. The lowest BCUT2D eigenvalue weighted by atomic mass is 10.3. The van der Waals surface area contributed by atoms with Gasteiger partial charge in [-0.25, -0.2) is 0 Å². The molecular weight excluding hydrogens is 233 g/mol. The molecule has 15 heavy (non-hydrogen) atoms. The molecule has 0 radical (unpaired) electrons. The first kappa shape index (κ1) is 11.0. The summed E-state index contributed by atoms with van der Waals surface area (Å²) >= 11 is 11.7. The molecule has 0 amide bonds. The summed E-state index contributed by atoms with van der Waals surface area (Å²) in [6.07, 6.45) is 1.30. The third-order valence-electron chi connectivity index (χ3n) is 2.90. The predicted molar refractivity (Wildman–Crippen MR) is 62.6 cm³/mol. The molecule has 2 rings (SSSR count). The summed E-state index contributed by atoms with van der Waals surface area (Å²) in [6.45, 7) is 3.26. The highest BCUT2D eigenvalue weighted by molar-refractivity contribution is 6.33. The van der Waals surface area contributed by atoms with Crippen LogP contribution in [0.1, 0.15) is 13.3 Å². The molecule has 0 spiro atoms. The van der Waals surface area contributed by atoms with Gasteiger partial charge in [0.15, 0.2) is 10.3 Å². The number of hydrogen-bond acceptors (Lipinski definition) is 3. The van der Waals surface area contributed by atoms with Gasteiger partial charge < -0.3 is 4.90 Å². The summed E-state index contributed by atoms with van der Waals surface area (Å²) in [6, 6.07) is 1.75. The second kappa shape index (κ2) is 4.14. The predicted octanol–water partition coefficient (Wildman–Crippen LogP) is 2.88. The van der Waals surface area contributed by atoms with Gasteiger partial charge in [0.2, 0.25) is 0 Å². The summed E-state index contributed by atoms with van der Waals surface area (Å²) in [5.74, 6) is 1.61. The number of halogens is 2. The van der Waals surface area contributed by atoms with Gasteiger partial charge in [-0.15, -0.1) is 10.2 Å². The van der Waals surface area contributed by atoms with Crippen molar-refractivity contribution in [3.05, 3.63) is 16.4 Å². The fourth-order valence-corrected chi connectivity index (χ4v) is 2.09. The first-order chi connectivity index (χ1) is 7.08. The standard InChI is InChI=1S/C10H13Cl2N3/c1-6-3-7(6)5-15(2)8-4-9(11)13-14-10(8)12/h4,6-7H,3,5H2,1-2H3. The van der Waals surface area contributed by atoms with E-state index >= 15 is 0 Å². The van der Waals surface area contributed by atoms with Crippen molar-refractivity contribution in [3.8, 4) is 0 Å². The average molecular weight is 246 g/mol. The summed E-state index contributed by atoms with van der Waals surface area (Å²) in [5, 5.41) is 8.27. The molecule has 5 heteroatoms. The highest BCUT2D eigenvalue weighted by Gasteiger charge is 2.33. The Morgan fingerprint density at radius 3 is 2.73 bits per heavy atom. The van der Waals surface area contributed by atoms with Gasteiger partial charge in [0.25, 0.3) is 0 Å². The van der Waals surface area contributed by atoms with Gasteiger partial charge in [-0.2, -0.15) is 0 Å². The van der Waals surface area contributed by atoms with Crippen molar-refractivity contribution in [2.75, 3.05) is 18.5 Å². The van der Waals surface area contributed by atoms with Crippen LogP contribution in [0.4, 0.5) is 5.69 Å². The molecule has 1 aromatic heterocycles. The third kappa shape index (κ3) is 2.52. The van der Waals surface area contributed by atoms with E-state index in [1.54, 1.807) is 6.07 Å². The number of nitrogens with zero attached hydrogens (tertiary/aromatic N) is 3. The molecule has 0 bridgehead atoms. The normalized spacial score (nSPS) is 24.0. The van der Waals surface area contributed by atoms with Gasteiger partial charge in [-0.1, -0.05) is 30.1 Å². The van der Waals surface area contributed by atoms with Crippen LogP contribution in [-0.2, 0) is 0 Å². The van der Waals surface area contributed by atoms with Gasteiger partial charge in [0, 0.05) is 19.7 Å². The quantitative estimate of drug-likeness (QED) is 0.821. The minimum absolute atomic E-state index is 0.380. The molecule has 2 unspecified atom stereocenters. The summed E-state index contributed by atoms with van der Waals surface area (Å²) < 4.78 is 0. The molecule has 2 atom stereocenters. The Morgan fingerprint density at radius 1 is 1.47 bits per heavy atom. The van der Waals surface area contributed by atoms with Crippen LogP contribution >= 0.6 is 23.2 Å².